The quantitative estimate of drug-likeness (QED) is 0.765. The smallest absolute Gasteiger partial charge is 0.251 e. The second-order valence-corrected chi connectivity index (χ2v) is 5.03. The third-order valence-corrected chi connectivity index (χ3v) is 3.32. The van der Waals surface area contributed by atoms with Gasteiger partial charge in [-0.15, -0.1) is 0 Å². The van der Waals surface area contributed by atoms with Gasteiger partial charge in [-0.1, -0.05) is 29.8 Å². The molecule has 112 valence electrons. The highest BCUT2D eigenvalue weighted by atomic mass is 35.5. The van der Waals surface area contributed by atoms with E-state index in [1.165, 1.54) is 6.07 Å². The van der Waals surface area contributed by atoms with E-state index >= 15 is 0 Å². The Morgan fingerprint density at radius 1 is 1.38 bits per heavy atom. The second kappa shape index (κ2) is 7.93. The van der Waals surface area contributed by atoms with Gasteiger partial charge in [0.25, 0.3) is 5.56 Å². The molecule has 0 aliphatic rings. The van der Waals surface area contributed by atoms with Crippen molar-refractivity contribution in [1.29, 1.82) is 0 Å². The fourth-order valence-corrected chi connectivity index (χ4v) is 2.15. The Labute approximate surface area is 128 Å². The number of rotatable bonds is 7. The predicted octanol–water partition coefficient (Wildman–Crippen LogP) is 1.75. The fraction of sp³-hybridized carbons (Fsp3) is 0.333. The van der Waals surface area contributed by atoms with E-state index in [0.717, 1.165) is 5.56 Å². The zero-order chi connectivity index (χ0) is 15.1. The maximum absolute atomic E-state index is 11.7. The second-order valence-electron chi connectivity index (χ2n) is 4.62. The van der Waals surface area contributed by atoms with Crippen molar-refractivity contribution in [2.24, 2.45) is 0 Å². The van der Waals surface area contributed by atoms with Gasteiger partial charge in [-0.3, -0.25) is 4.79 Å². The molecule has 0 saturated heterocycles. The number of ether oxygens (including phenoxy) is 1. The zero-order valence-corrected chi connectivity index (χ0v) is 12.6. The lowest BCUT2D eigenvalue weighted by Crippen LogP contribution is -2.22. The van der Waals surface area contributed by atoms with Gasteiger partial charge in [-0.2, -0.15) is 0 Å². The van der Waals surface area contributed by atoms with Crippen LogP contribution in [0.5, 0.6) is 0 Å². The Morgan fingerprint density at radius 3 is 2.95 bits per heavy atom. The van der Waals surface area contributed by atoms with Crippen LogP contribution in [0.4, 0.5) is 0 Å². The van der Waals surface area contributed by atoms with E-state index in [4.69, 9.17) is 16.3 Å². The Hall–Kier alpha value is -1.69. The Balaban J connectivity index is 2.08. The minimum atomic E-state index is -0.157. The first kappa shape index (κ1) is 15.7. The monoisotopic (exact) mass is 307 g/mol. The molecule has 1 aromatic heterocycles. The number of H-pyrrole nitrogens is 1. The van der Waals surface area contributed by atoms with E-state index in [2.05, 4.69) is 15.3 Å². The molecular formula is C15H18ClN3O2. The third kappa shape index (κ3) is 4.97. The third-order valence-electron chi connectivity index (χ3n) is 2.95. The molecule has 5 nitrogen and oxygen atoms in total. The van der Waals surface area contributed by atoms with Gasteiger partial charge in [0.15, 0.2) is 0 Å². The number of benzene rings is 1. The summed E-state index contributed by atoms with van der Waals surface area (Å²) in [7, 11) is 1.65. The average Bonchev–Trinajstić information content (AvgIpc) is 2.46. The van der Waals surface area contributed by atoms with Crippen LogP contribution in [0.15, 0.2) is 35.1 Å². The average molecular weight is 308 g/mol. The Morgan fingerprint density at radius 2 is 2.19 bits per heavy atom. The molecule has 0 unspecified atom stereocenters. The molecule has 0 amide bonds. The summed E-state index contributed by atoms with van der Waals surface area (Å²) in [6, 6.07) is 9.03. The molecule has 0 fully saturated rings. The lowest BCUT2D eigenvalue weighted by atomic mass is 10.1. The largest absolute Gasteiger partial charge is 0.383 e. The molecule has 2 rings (SSSR count). The van der Waals surface area contributed by atoms with Crippen LogP contribution < -0.4 is 10.9 Å². The van der Waals surface area contributed by atoms with Gasteiger partial charge in [0.1, 0.15) is 5.82 Å². The van der Waals surface area contributed by atoms with E-state index < -0.39 is 0 Å². The summed E-state index contributed by atoms with van der Waals surface area (Å²) < 4.78 is 4.95. The van der Waals surface area contributed by atoms with Gasteiger partial charge in [0.05, 0.1) is 12.3 Å². The number of aromatic amines is 1. The van der Waals surface area contributed by atoms with Crippen molar-refractivity contribution < 1.29 is 4.74 Å². The summed E-state index contributed by atoms with van der Waals surface area (Å²) in [4.78, 5) is 18.9. The first-order valence-corrected chi connectivity index (χ1v) is 7.09. The number of hydrogen-bond donors (Lipinski definition) is 2. The van der Waals surface area contributed by atoms with E-state index in [0.29, 0.717) is 42.7 Å². The highest BCUT2D eigenvalue weighted by Gasteiger charge is 2.05. The molecule has 0 aliphatic carbocycles. The van der Waals surface area contributed by atoms with Crippen molar-refractivity contribution in [2.45, 2.75) is 13.0 Å². The number of methoxy groups -OCH3 is 1. The molecule has 0 atom stereocenters. The lowest BCUT2D eigenvalue weighted by Gasteiger charge is -2.07. The molecule has 0 bridgehead atoms. The molecule has 0 saturated carbocycles. The molecule has 0 aliphatic heterocycles. The van der Waals surface area contributed by atoms with E-state index in [1.807, 2.05) is 24.3 Å². The summed E-state index contributed by atoms with van der Waals surface area (Å²) in [5.74, 6) is 0.610. The van der Waals surface area contributed by atoms with Crippen LogP contribution >= 0.6 is 11.6 Å². The summed E-state index contributed by atoms with van der Waals surface area (Å²) in [6.45, 7) is 1.86. The lowest BCUT2D eigenvalue weighted by molar-refractivity contribution is 0.199. The van der Waals surface area contributed by atoms with E-state index in [1.54, 1.807) is 7.11 Å². The fourth-order valence-electron chi connectivity index (χ4n) is 1.95. The van der Waals surface area contributed by atoms with Crippen molar-refractivity contribution in [3.8, 4) is 0 Å². The zero-order valence-electron chi connectivity index (χ0n) is 11.9. The van der Waals surface area contributed by atoms with Crippen LogP contribution in [0.2, 0.25) is 5.02 Å². The number of hydrogen-bond acceptors (Lipinski definition) is 4. The van der Waals surface area contributed by atoms with Crippen LogP contribution in [0.25, 0.3) is 0 Å². The SMILES string of the molecule is COCCNCc1cc(=O)[nH]c(Cc2ccccc2Cl)n1. The van der Waals surface area contributed by atoms with Crippen molar-refractivity contribution >= 4 is 11.6 Å². The van der Waals surface area contributed by atoms with Gasteiger partial charge < -0.3 is 15.0 Å². The first-order valence-electron chi connectivity index (χ1n) is 6.71. The number of aromatic nitrogens is 2. The van der Waals surface area contributed by atoms with Crippen molar-refractivity contribution in [3.63, 3.8) is 0 Å². The van der Waals surface area contributed by atoms with Crippen molar-refractivity contribution in [3.05, 3.63) is 62.8 Å². The normalized spacial score (nSPS) is 10.8. The van der Waals surface area contributed by atoms with Crippen LogP contribution in [-0.2, 0) is 17.7 Å². The topological polar surface area (TPSA) is 67.0 Å². The van der Waals surface area contributed by atoms with Gasteiger partial charge in [0.2, 0.25) is 0 Å². The minimum absolute atomic E-state index is 0.157. The molecule has 1 heterocycles. The van der Waals surface area contributed by atoms with Gasteiger partial charge >= 0.3 is 0 Å². The van der Waals surface area contributed by atoms with Gasteiger partial charge in [-0.05, 0) is 11.6 Å². The van der Waals surface area contributed by atoms with Crippen LogP contribution in [0.3, 0.4) is 0 Å². The molecule has 1 aromatic carbocycles. The molecular weight excluding hydrogens is 290 g/mol. The summed E-state index contributed by atoms with van der Waals surface area (Å²) in [5, 5.41) is 3.84. The van der Waals surface area contributed by atoms with Crippen LogP contribution in [0, 0.1) is 0 Å². The summed E-state index contributed by atoms with van der Waals surface area (Å²) in [6.07, 6.45) is 0.501. The number of nitrogens with zero attached hydrogens (tertiary/aromatic N) is 1. The highest BCUT2D eigenvalue weighted by Crippen LogP contribution is 2.17. The van der Waals surface area contributed by atoms with E-state index in [-0.39, 0.29) is 5.56 Å². The molecule has 21 heavy (non-hydrogen) atoms. The predicted molar refractivity (Wildman–Crippen MR) is 82.7 cm³/mol. The molecule has 0 radical (unpaired) electrons. The highest BCUT2D eigenvalue weighted by molar-refractivity contribution is 6.31. The number of nitrogens with one attached hydrogen (secondary N) is 2. The summed E-state index contributed by atoms with van der Waals surface area (Å²) in [5.41, 5.74) is 1.49. The molecule has 6 heteroatoms. The van der Waals surface area contributed by atoms with Crippen molar-refractivity contribution in [1.82, 2.24) is 15.3 Å². The first-order chi connectivity index (χ1) is 10.2. The molecule has 2 aromatic rings. The standard InChI is InChI=1S/C15H18ClN3O2/c1-21-7-6-17-10-12-9-15(20)19-14(18-12)8-11-4-2-3-5-13(11)16/h2-5,9,17H,6-8,10H2,1H3,(H,18,19,20). The Kier molecular flexibility index (Phi) is 5.92. The van der Waals surface area contributed by atoms with Crippen LogP contribution in [-0.4, -0.2) is 30.2 Å². The number of halogens is 1. The van der Waals surface area contributed by atoms with Crippen molar-refractivity contribution in [2.75, 3.05) is 20.3 Å². The van der Waals surface area contributed by atoms with Gasteiger partial charge in [0, 0.05) is 37.7 Å². The summed E-state index contributed by atoms with van der Waals surface area (Å²) >= 11 is 6.13. The maximum Gasteiger partial charge on any atom is 0.251 e. The van der Waals surface area contributed by atoms with Gasteiger partial charge in [-0.25, -0.2) is 4.98 Å². The minimum Gasteiger partial charge on any atom is -0.383 e. The maximum atomic E-state index is 11.7. The van der Waals surface area contributed by atoms with Crippen LogP contribution in [0.1, 0.15) is 17.1 Å². The molecule has 2 N–H and O–H groups in total. The Bertz CT molecular complexity index is 643. The van der Waals surface area contributed by atoms with E-state index in [9.17, 15) is 4.79 Å². The molecule has 0 spiro atoms.